The minimum Gasteiger partial charge on any atom is -0.309 e. The van der Waals surface area contributed by atoms with E-state index in [1.807, 2.05) is 6.07 Å². The average Bonchev–Trinajstić information content (AvgIpc) is 2.40. The molecular weight excluding hydrogens is 246 g/mol. The van der Waals surface area contributed by atoms with Crippen molar-refractivity contribution in [1.82, 2.24) is 5.32 Å². The zero-order valence-corrected chi connectivity index (χ0v) is 10.2. The van der Waals surface area contributed by atoms with E-state index in [4.69, 9.17) is 5.26 Å². The summed E-state index contributed by atoms with van der Waals surface area (Å²) in [5, 5.41) is 11.8. The van der Waals surface area contributed by atoms with Crippen LogP contribution in [0.25, 0.3) is 0 Å². The number of nitriles is 1. The fourth-order valence-electron chi connectivity index (χ4n) is 1.80. The van der Waals surface area contributed by atoms with Crippen molar-refractivity contribution in [3.63, 3.8) is 0 Å². The molecule has 96 valence electrons. The predicted molar refractivity (Wildman–Crippen MR) is 68.1 cm³/mol. The van der Waals surface area contributed by atoms with Crippen LogP contribution in [0.3, 0.4) is 0 Å². The van der Waals surface area contributed by atoms with Gasteiger partial charge in [0.05, 0.1) is 11.6 Å². The molecule has 0 bridgehead atoms. The smallest absolute Gasteiger partial charge is 0.127 e. The largest absolute Gasteiger partial charge is 0.309 e. The van der Waals surface area contributed by atoms with Gasteiger partial charge in [0.25, 0.3) is 0 Å². The van der Waals surface area contributed by atoms with Crippen molar-refractivity contribution in [2.24, 2.45) is 0 Å². The van der Waals surface area contributed by atoms with Crippen molar-refractivity contribution in [2.75, 3.05) is 0 Å². The van der Waals surface area contributed by atoms with Crippen LogP contribution in [0.4, 0.5) is 8.78 Å². The van der Waals surface area contributed by atoms with Gasteiger partial charge < -0.3 is 5.32 Å². The van der Waals surface area contributed by atoms with Crippen LogP contribution in [0.5, 0.6) is 0 Å². The minimum atomic E-state index is -0.443. The van der Waals surface area contributed by atoms with E-state index in [0.717, 1.165) is 0 Å². The molecule has 0 amide bonds. The van der Waals surface area contributed by atoms with Gasteiger partial charge in [-0.15, -0.1) is 0 Å². The lowest BCUT2D eigenvalue weighted by Crippen LogP contribution is -2.14. The van der Waals surface area contributed by atoms with Crippen LogP contribution >= 0.6 is 0 Å². The molecule has 0 spiro atoms. The maximum atomic E-state index is 13.4. The number of benzene rings is 2. The van der Waals surface area contributed by atoms with Gasteiger partial charge in [-0.05, 0) is 29.8 Å². The van der Waals surface area contributed by atoms with Crippen LogP contribution in [0.2, 0.25) is 0 Å². The SMILES string of the molecule is N#Cc1cc(F)cc(CNCc2ccccc2F)c1. The Labute approximate surface area is 110 Å². The van der Waals surface area contributed by atoms with E-state index in [-0.39, 0.29) is 11.4 Å². The number of hydrogen-bond donors (Lipinski definition) is 1. The van der Waals surface area contributed by atoms with Gasteiger partial charge in [0.15, 0.2) is 0 Å². The van der Waals surface area contributed by atoms with E-state index in [1.54, 1.807) is 24.3 Å². The van der Waals surface area contributed by atoms with E-state index in [0.29, 0.717) is 24.2 Å². The summed E-state index contributed by atoms with van der Waals surface area (Å²) < 4.78 is 26.5. The van der Waals surface area contributed by atoms with Gasteiger partial charge in [0.2, 0.25) is 0 Å². The second-order valence-corrected chi connectivity index (χ2v) is 4.15. The Kier molecular flexibility index (Phi) is 4.22. The Morgan fingerprint density at radius 3 is 2.58 bits per heavy atom. The molecule has 2 aromatic rings. The Morgan fingerprint density at radius 2 is 1.84 bits per heavy atom. The highest BCUT2D eigenvalue weighted by molar-refractivity contribution is 5.33. The summed E-state index contributed by atoms with van der Waals surface area (Å²) in [5.74, 6) is -0.714. The van der Waals surface area contributed by atoms with Gasteiger partial charge in [-0.3, -0.25) is 0 Å². The van der Waals surface area contributed by atoms with Crippen LogP contribution in [0.15, 0.2) is 42.5 Å². The first-order valence-corrected chi connectivity index (χ1v) is 5.83. The first-order chi connectivity index (χ1) is 9.19. The standard InChI is InChI=1S/C15H12F2N2/c16-14-6-11(8-18)5-12(7-14)9-19-10-13-3-1-2-4-15(13)17/h1-7,19H,9-10H2. The maximum Gasteiger partial charge on any atom is 0.127 e. The zero-order valence-electron chi connectivity index (χ0n) is 10.2. The van der Waals surface area contributed by atoms with Crippen molar-refractivity contribution in [2.45, 2.75) is 13.1 Å². The first kappa shape index (κ1) is 13.2. The lowest BCUT2D eigenvalue weighted by Gasteiger charge is -2.06. The fourth-order valence-corrected chi connectivity index (χ4v) is 1.80. The molecule has 0 radical (unpaired) electrons. The van der Waals surface area contributed by atoms with Crippen LogP contribution in [0, 0.1) is 23.0 Å². The molecule has 2 nitrogen and oxygen atoms in total. The van der Waals surface area contributed by atoms with Gasteiger partial charge in [-0.25, -0.2) is 8.78 Å². The van der Waals surface area contributed by atoms with Crippen molar-refractivity contribution in [1.29, 1.82) is 5.26 Å². The lowest BCUT2D eigenvalue weighted by atomic mass is 10.1. The third-order valence-corrected chi connectivity index (χ3v) is 2.69. The third kappa shape index (κ3) is 3.60. The molecule has 0 aliphatic rings. The van der Waals surface area contributed by atoms with Gasteiger partial charge in [0.1, 0.15) is 11.6 Å². The lowest BCUT2D eigenvalue weighted by molar-refractivity contribution is 0.585. The highest BCUT2D eigenvalue weighted by Crippen LogP contribution is 2.09. The van der Waals surface area contributed by atoms with E-state index >= 15 is 0 Å². The highest BCUT2D eigenvalue weighted by Gasteiger charge is 2.02. The molecule has 2 rings (SSSR count). The Bertz CT molecular complexity index is 618. The molecule has 0 aliphatic carbocycles. The van der Waals surface area contributed by atoms with Gasteiger partial charge >= 0.3 is 0 Å². The predicted octanol–water partition coefficient (Wildman–Crippen LogP) is 3.13. The monoisotopic (exact) mass is 258 g/mol. The normalized spacial score (nSPS) is 10.2. The molecule has 4 heteroatoms. The second-order valence-electron chi connectivity index (χ2n) is 4.15. The zero-order chi connectivity index (χ0) is 13.7. The van der Waals surface area contributed by atoms with E-state index in [2.05, 4.69) is 5.32 Å². The Balaban J connectivity index is 1.98. The first-order valence-electron chi connectivity index (χ1n) is 5.83. The Morgan fingerprint density at radius 1 is 1.05 bits per heavy atom. The van der Waals surface area contributed by atoms with Crippen molar-refractivity contribution in [3.8, 4) is 6.07 Å². The number of nitrogens with one attached hydrogen (secondary N) is 1. The highest BCUT2D eigenvalue weighted by atomic mass is 19.1. The summed E-state index contributed by atoms with van der Waals surface area (Å²) >= 11 is 0. The maximum absolute atomic E-state index is 13.4. The molecule has 0 fully saturated rings. The van der Waals surface area contributed by atoms with Crippen molar-refractivity contribution < 1.29 is 8.78 Å². The summed E-state index contributed by atoms with van der Waals surface area (Å²) in [6, 6.07) is 12.5. The summed E-state index contributed by atoms with van der Waals surface area (Å²) in [6.07, 6.45) is 0. The molecular formula is C15H12F2N2. The van der Waals surface area contributed by atoms with E-state index in [1.165, 1.54) is 18.2 Å². The molecule has 1 N–H and O–H groups in total. The quantitative estimate of drug-likeness (QED) is 0.914. The molecule has 0 saturated heterocycles. The molecule has 2 aromatic carbocycles. The topological polar surface area (TPSA) is 35.8 Å². The molecule has 0 heterocycles. The van der Waals surface area contributed by atoms with E-state index in [9.17, 15) is 8.78 Å². The number of halogens is 2. The minimum absolute atomic E-state index is 0.271. The molecule has 0 saturated carbocycles. The summed E-state index contributed by atoms with van der Waals surface area (Å²) in [4.78, 5) is 0. The third-order valence-electron chi connectivity index (χ3n) is 2.69. The van der Waals surface area contributed by atoms with Gasteiger partial charge in [0, 0.05) is 18.7 Å². The molecule has 0 atom stereocenters. The van der Waals surface area contributed by atoms with Crippen LogP contribution in [0.1, 0.15) is 16.7 Å². The van der Waals surface area contributed by atoms with Crippen LogP contribution < -0.4 is 5.32 Å². The summed E-state index contributed by atoms with van der Waals surface area (Å²) in [7, 11) is 0. The number of nitrogens with zero attached hydrogens (tertiary/aromatic N) is 1. The van der Waals surface area contributed by atoms with Crippen molar-refractivity contribution in [3.05, 3.63) is 70.8 Å². The number of rotatable bonds is 4. The van der Waals surface area contributed by atoms with E-state index < -0.39 is 5.82 Å². The molecule has 0 aliphatic heterocycles. The second kappa shape index (κ2) is 6.07. The molecule has 0 unspecified atom stereocenters. The van der Waals surface area contributed by atoms with Gasteiger partial charge in [-0.2, -0.15) is 5.26 Å². The Hall–Kier alpha value is -2.25. The summed E-state index contributed by atoms with van der Waals surface area (Å²) in [6.45, 7) is 0.728. The van der Waals surface area contributed by atoms with Crippen LogP contribution in [-0.2, 0) is 13.1 Å². The average molecular weight is 258 g/mol. The molecule has 19 heavy (non-hydrogen) atoms. The number of hydrogen-bond acceptors (Lipinski definition) is 2. The van der Waals surface area contributed by atoms with Crippen molar-refractivity contribution >= 4 is 0 Å². The fraction of sp³-hybridized carbons (Fsp3) is 0.133. The molecule has 0 aromatic heterocycles. The van der Waals surface area contributed by atoms with Crippen LogP contribution in [-0.4, -0.2) is 0 Å². The summed E-state index contributed by atoms with van der Waals surface area (Å²) in [5.41, 5.74) is 1.50. The van der Waals surface area contributed by atoms with Gasteiger partial charge in [-0.1, -0.05) is 18.2 Å².